The van der Waals surface area contributed by atoms with Crippen LogP contribution in [-0.4, -0.2) is 23.5 Å². The third-order valence-electron chi connectivity index (χ3n) is 3.21. The highest BCUT2D eigenvalue weighted by Gasteiger charge is 2.25. The Balaban J connectivity index is 0.00000108. The fraction of sp³-hybridized carbons (Fsp3) is 0.417. The van der Waals surface area contributed by atoms with Crippen LogP contribution in [-0.2, 0) is 0 Å². The van der Waals surface area contributed by atoms with E-state index in [0.717, 1.165) is 29.8 Å². The van der Waals surface area contributed by atoms with Gasteiger partial charge in [-0.2, -0.15) is 0 Å². The van der Waals surface area contributed by atoms with Gasteiger partial charge in [0.1, 0.15) is 16.4 Å². The maximum absolute atomic E-state index is 5.85. The van der Waals surface area contributed by atoms with E-state index < -0.39 is 0 Å². The van der Waals surface area contributed by atoms with E-state index in [4.69, 9.17) is 16.0 Å². The molecule has 3 nitrogen and oxygen atoms in total. The molecule has 0 radical (unpaired) electrons. The molecule has 0 bridgehead atoms. The molecule has 2 aromatic rings. The van der Waals surface area contributed by atoms with Gasteiger partial charge in [0.05, 0.1) is 6.04 Å². The van der Waals surface area contributed by atoms with Gasteiger partial charge in [-0.25, -0.2) is 4.98 Å². The molecule has 5 heteroatoms. The van der Waals surface area contributed by atoms with Crippen molar-refractivity contribution < 1.29 is 4.42 Å². The SMILES string of the molecule is CN1CCC[C@H]1c1cc2nc(Cl)ccc2o1.Cl. The summed E-state index contributed by atoms with van der Waals surface area (Å²) in [4.78, 5) is 6.56. The smallest absolute Gasteiger partial charge is 0.152 e. The molecule has 0 amide bonds. The summed E-state index contributed by atoms with van der Waals surface area (Å²) in [6.07, 6.45) is 2.39. The molecule has 92 valence electrons. The molecular formula is C12H14Cl2N2O. The van der Waals surface area contributed by atoms with Crippen LogP contribution < -0.4 is 0 Å². The van der Waals surface area contributed by atoms with E-state index in [1.54, 1.807) is 6.07 Å². The molecule has 0 unspecified atom stereocenters. The van der Waals surface area contributed by atoms with Crippen molar-refractivity contribution in [2.45, 2.75) is 18.9 Å². The van der Waals surface area contributed by atoms with Crippen molar-refractivity contribution in [2.75, 3.05) is 13.6 Å². The average molecular weight is 273 g/mol. The van der Waals surface area contributed by atoms with E-state index in [1.165, 1.54) is 6.42 Å². The van der Waals surface area contributed by atoms with Crippen LogP contribution in [0.25, 0.3) is 11.1 Å². The third kappa shape index (κ3) is 2.28. The fourth-order valence-corrected chi connectivity index (χ4v) is 2.51. The highest BCUT2D eigenvalue weighted by Crippen LogP contribution is 2.33. The summed E-state index contributed by atoms with van der Waals surface area (Å²) in [5.74, 6) is 1.00. The molecule has 1 saturated heterocycles. The lowest BCUT2D eigenvalue weighted by Crippen LogP contribution is -2.16. The summed E-state index contributed by atoms with van der Waals surface area (Å²) in [5.41, 5.74) is 1.67. The Bertz CT molecular complexity index is 526. The summed E-state index contributed by atoms with van der Waals surface area (Å²) >= 11 is 5.85. The number of hydrogen-bond acceptors (Lipinski definition) is 3. The van der Waals surface area contributed by atoms with Crippen LogP contribution in [0.3, 0.4) is 0 Å². The Morgan fingerprint density at radius 1 is 1.47 bits per heavy atom. The van der Waals surface area contributed by atoms with E-state index in [2.05, 4.69) is 16.9 Å². The summed E-state index contributed by atoms with van der Waals surface area (Å²) in [5, 5.41) is 0.514. The van der Waals surface area contributed by atoms with Gasteiger partial charge in [0.2, 0.25) is 0 Å². The highest BCUT2D eigenvalue weighted by atomic mass is 35.5. The lowest BCUT2D eigenvalue weighted by Gasteiger charge is -2.16. The first-order valence-electron chi connectivity index (χ1n) is 5.50. The van der Waals surface area contributed by atoms with E-state index >= 15 is 0 Å². The third-order valence-corrected chi connectivity index (χ3v) is 3.42. The van der Waals surface area contributed by atoms with Crippen LogP contribution in [0.2, 0.25) is 5.15 Å². The van der Waals surface area contributed by atoms with Gasteiger partial charge in [-0.3, -0.25) is 4.90 Å². The van der Waals surface area contributed by atoms with Gasteiger partial charge in [-0.05, 0) is 38.6 Å². The molecule has 0 spiro atoms. The van der Waals surface area contributed by atoms with Gasteiger partial charge in [0.15, 0.2) is 5.58 Å². The van der Waals surface area contributed by atoms with Gasteiger partial charge < -0.3 is 4.42 Å². The van der Waals surface area contributed by atoms with Crippen molar-refractivity contribution in [2.24, 2.45) is 0 Å². The summed E-state index contributed by atoms with van der Waals surface area (Å²) < 4.78 is 5.81. The van der Waals surface area contributed by atoms with Crippen LogP contribution in [0.4, 0.5) is 0 Å². The highest BCUT2D eigenvalue weighted by molar-refractivity contribution is 6.29. The second-order valence-electron chi connectivity index (χ2n) is 4.30. The predicted molar refractivity (Wildman–Crippen MR) is 70.9 cm³/mol. The monoisotopic (exact) mass is 272 g/mol. The molecule has 0 N–H and O–H groups in total. The topological polar surface area (TPSA) is 29.3 Å². The van der Waals surface area contributed by atoms with Gasteiger partial charge in [0, 0.05) is 6.07 Å². The van der Waals surface area contributed by atoms with E-state index in [1.807, 2.05) is 12.1 Å². The first-order chi connectivity index (χ1) is 7.74. The Hall–Kier alpha value is -0.770. The van der Waals surface area contributed by atoms with E-state index in [0.29, 0.717) is 11.2 Å². The lowest BCUT2D eigenvalue weighted by molar-refractivity contribution is 0.281. The molecule has 1 aliphatic heterocycles. The van der Waals surface area contributed by atoms with Gasteiger partial charge >= 0.3 is 0 Å². The normalized spacial score (nSPS) is 20.7. The minimum atomic E-state index is 0. The van der Waals surface area contributed by atoms with E-state index in [-0.39, 0.29) is 12.4 Å². The Kier molecular flexibility index (Phi) is 3.61. The van der Waals surface area contributed by atoms with Gasteiger partial charge in [-0.15, -0.1) is 12.4 Å². The molecule has 3 heterocycles. The molecule has 0 saturated carbocycles. The van der Waals surface area contributed by atoms with Crippen LogP contribution in [0.1, 0.15) is 24.6 Å². The standard InChI is InChI=1S/C12H13ClN2O.ClH/c1-15-6-2-3-9(15)11-7-8-10(16-11)4-5-12(13)14-8;/h4-5,7,9H,2-3,6H2,1H3;1H/t9-;/m0./s1. The van der Waals surface area contributed by atoms with Crippen molar-refractivity contribution in [3.05, 3.63) is 29.1 Å². The van der Waals surface area contributed by atoms with Crippen LogP contribution >= 0.6 is 24.0 Å². The molecule has 2 aromatic heterocycles. The first kappa shape index (κ1) is 12.7. The molecule has 1 atom stereocenters. The minimum Gasteiger partial charge on any atom is -0.458 e. The zero-order valence-electron chi connectivity index (χ0n) is 9.52. The number of halogens is 2. The maximum atomic E-state index is 5.85. The quantitative estimate of drug-likeness (QED) is 0.742. The number of likely N-dealkylation sites (tertiary alicyclic amines) is 1. The van der Waals surface area contributed by atoms with E-state index in [9.17, 15) is 0 Å². The largest absolute Gasteiger partial charge is 0.458 e. The second kappa shape index (κ2) is 4.84. The zero-order chi connectivity index (χ0) is 11.1. The number of hydrogen-bond donors (Lipinski definition) is 0. The molecule has 1 fully saturated rings. The van der Waals surface area contributed by atoms with Crippen LogP contribution in [0.15, 0.2) is 22.6 Å². The van der Waals surface area contributed by atoms with Gasteiger partial charge in [-0.1, -0.05) is 11.6 Å². The number of furan rings is 1. The molecular weight excluding hydrogens is 259 g/mol. The number of fused-ring (bicyclic) bond motifs is 1. The predicted octanol–water partition coefficient (Wildman–Crippen LogP) is 3.67. The molecule has 3 rings (SSSR count). The van der Waals surface area contributed by atoms with Crippen molar-refractivity contribution in [1.29, 1.82) is 0 Å². The molecule has 0 aromatic carbocycles. The van der Waals surface area contributed by atoms with Crippen LogP contribution in [0, 0.1) is 0 Å². The Labute approximate surface area is 111 Å². The van der Waals surface area contributed by atoms with Crippen molar-refractivity contribution in [1.82, 2.24) is 9.88 Å². The lowest BCUT2D eigenvalue weighted by atomic mass is 10.2. The minimum absolute atomic E-state index is 0. The number of pyridine rings is 1. The number of nitrogens with zero attached hydrogens (tertiary/aromatic N) is 2. The number of rotatable bonds is 1. The summed E-state index contributed by atoms with van der Waals surface area (Å²) in [6, 6.07) is 6.04. The Morgan fingerprint density at radius 3 is 3.00 bits per heavy atom. The molecule has 1 aliphatic rings. The second-order valence-corrected chi connectivity index (χ2v) is 4.69. The van der Waals surface area contributed by atoms with Crippen molar-refractivity contribution >= 4 is 35.1 Å². The molecule has 0 aliphatic carbocycles. The first-order valence-corrected chi connectivity index (χ1v) is 5.88. The fourth-order valence-electron chi connectivity index (χ4n) is 2.35. The van der Waals surface area contributed by atoms with Crippen molar-refractivity contribution in [3.8, 4) is 0 Å². The average Bonchev–Trinajstić information content (AvgIpc) is 2.82. The van der Waals surface area contributed by atoms with Gasteiger partial charge in [0.25, 0.3) is 0 Å². The summed E-state index contributed by atoms with van der Waals surface area (Å²) in [7, 11) is 2.13. The Morgan fingerprint density at radius 2 is 2.29 bits per heavy atom. The van der Waals surface area contributed by atoms with Crippen molar-refractivity contribution in [3.63, 3.8) is 0 Å². The zero-order valence-corrected chi connectivity index (χ0v) is 11.1. The maximum Gasteiger partial charge on any atom is 0.152 e. The van der Waals surface area contributed by atoms with Crippen LogP contribution in [0.5, 0.6) is 0 Å². The molecule has 17 heavy (non-hydrogen) atoms. The summed E-state index contributed by atoms with van der Waals surface area (Å²) in [6.45, 7) is 1.13. The number of aromatic nitrogens is 1.